The molecule has 0 saturated heterocycles. The van der Waals surface area contributed by atoms with E-state index in [1.165, 1.54) is 38.5 Å². The van der Waals surface area contributed by atoms with Crippen LogP contribution in [0.3, 0.4) is 0 Å². The van der Waals surface area contributed by atoms with E-state index in [4.69, 9.17) is 0 Å². The van der Waals surface area contributed by atoms with Gasteiger partial charge in [0.2, 0.25) is 0 Å². The molecule has 0 radical (unpaired) electrons. The molecule has 0 N–H and O–H groups in total. The fourth-order valence-corrected chi connectivity index (χ4v) is 2.76. The van der Waals surface area contributed by atoms with Crippen LogP contribution in [-0.4, -0.2) is 0 Å². The summed E-state index contributed by atoms with van der Waals surface area (Å²) < 4.78 is 0. The maximum Gasteiger partial charge on any atom is -0.0363 e. The number of hydrogen-bond donors (Lipinski definition) is 0. The third-order valence-corrected chi connectivity index (χ3v) is 3.67. The van der Waals surface area contributed by atoms with E-state index < -0.39 is 0 Å². The Morgan fingerprint density at radius 2 is 1.17 bits per heavy atom. The molecule has 1 rings (SSSR count). The second-order valence-corrected chi connectivity index (χ2v) is 4.69. The van der Waals surface area contributed by atoms with Crippen molar-refractivity contribution in [2.45, 2.75) is 101 Å². The molecule has 0 aromatic carbocycles. The quantitative estimate of drug-likeness (QED) is 0.497. The summed E-state index contributed by atoms with van der Waals surface area (Å²) in [7, 11) is 0. The van der Waals surface area contributed by atoms with Crippen LogP contribution < -0.4 is 0 Å². The Kier molecular flexibility index (Phi) is 24.8. The van der Waals surface area contributed by atoms with E-state index in [0.717, 1.165) is 17.8 Å². The van der Waals surface area contributed by atoms with Crippen LogP contribution in [0.15, 0.2) is 0 Å². The lowest BCUT2D eigenvalue weighted by Crippen LogP contribution is -2.24. The SMILES string of the molecule is CC.CC.CC.CCCCC1C(C)CCCC1C. The fourth-order valence-electron chi connectivity index (χ4n) is 2.76. The van der Waals surface area contributed by atoms with E-state index in [0.29, 0.717) is 0 Å². The third-order valence-electron chi connectivity index (χ3n) is 3.67. The largest absolute Gasteiger partial charge is 0.0683 e. The van der Waals surface area contributed by atoms with E-state index >= 15 is 0 Å². The van der Waals surface area contributed by atoms with Gasteiger partial charge >= 0.3 is 0 Å². The topological polar surface area (TPSA) is 0 Å². The zero-order valence-electron chi connectivity index (χ0n) is 15.0. The van der Waals surface area contributed by atoms with E-state index in [1.807, 2.05) is 41.5 Å². The van der Waals surface area contributed by atoms with Gasteiger partial charge in [0.25, 0.3) is 0 Å². The molecule has 1 aliphatic rings. The van der Waals surface area contributed by atoms with E-state index in [-0.39, 0.29) is 0 Å². The average Bonchev–Trinajstić information content (AvgIpc) is 2.45. The number of rotatable bonds is 3. The molecule has 0 heteroatoms. The molecule has 1 fully saturated rings. The van der Waals surface area contributed by atoms with Crippen LogP contribution in [0.4, 0.5) is 0 Å². The van der Waals surface area contributed by atoms with Crippen molar-refractivity contribution in [1.29, 1.82) is 0 Å². The summed E-state index contributed by atoms with van der Waals surface area (Å²) in [5, 5.41) is 0. The Labute approximate surface area is 119 Å². The second kappa shape index (κ2) is 19.3. The standard InChI is InChI=1S/C12H24.3C2H6/c1-4-5-9-12-10(2)7-6-8-11(12)3;3*1-2/h10-12H,4-9H2,1-3H3;3*1-2H3. The lowest BCUT2D eigenvalue weighted by molar-refractivity contribution is 0.165. The molecule has 0 bridgehead atoms. The maximum absolute atomic E-state index is 2.45. The summed E-state index contributed by atoms with van der Waals surface area (Å²) in [4.78, 5) is 0. The van der Waals surface area contributed by atoms with Gasteiger partial charge in [-0.15, -0.1) is 0 Å². The van der Waals surface area contributed by atoms with Crippen molar-refractivity contribution in [1.82, 2.24) is 0 Å². The van der Waals surface area contributed by atoms with Crippen LogP contribution in [0, 0.1) is 17.8 Å². The molecule has 0 heterocycles. The minimum atomic E-state index is 1.00. The van der Waals surface area contributed by atoms with Crippen LogP contribution in [0.2, 0.25) is 0 Å². The zero-order chi connectivity index (χ0) is 15.0. The third kappa shape index (κ3) is 11.1. The summed E-state index contributed by atoms with van der Waals surface area (Å²) in [6, 6.07) is 0. The summed E-state index contributed by atoms with van der Waals surface area (Å²) in [5.74, 6) is 3.04. The Bertz CT molecular complexity index is 107. The summed E-state index contributed by atoms with van der Waals surface area (Å²) >= 11 is 0. The van der Waals surface area contributed by atoms with Crippen molar-refractivity contribution in [3.63, 3.8) is 0 Å². The lowest BCUT2D eigenvalue weighted by Gasteiger charge is -2.34. The van der Waals surface area contributed by atoms with Gasteiger partial charge in [-0.05, 0) is 24.2 Å². The molecule has 0 amide bonds. The Balaban J connectivity index is -0.000000328. The second-order valence-electron chi connectivity index (χ2n) is 4.69. The first kappa shape index (κ1) is 23.1. The van der Waals surface area contributed by atoms with Gasteiger partial charge in [0, 0.05) is 0 Å². The van der Waals surface area contributed by atoms with Gasteiger partial charge in [-0.25, -0.2) is 0 Å². The highest BCUT2D eigenvalue weighted by atomic mass is 14.3. The van der Waals surface area contributed by atoms with Crippen molar-refractivity contribution >= 4 is 0 Å². The van der Waals surface area contributed by atoms with Crippen LogP contribution in [-0.2, 0) is 0 Å². The predicted octanol–water partition coefficient (Wildman–Crippen LogP) is 7.33. The molecule has 1 aliphatic carbocycles. The number of hydrogen-bond acceptors (Lipinski definition) is 0. The first-order valence-corrected chi connectivity index (χ1v) is 8.75. The Hall–Kier alpha value is 0. The highest BCUT2D eigenvalue weighted by molar-refractivity contribution is 4.77. The zero-order valence-corrected chi connectivity index (χ0v) is 15.0. The molecule has 18 heavy (non-hydrogen) atoms. The fraction of sp³-hybridized carbons (Fsp3) is 1.00. The number of unbranched alkanes of at least 4 members (excludes halogenated alkanes) is 1. The molecule has 2 unspecified atom stereocenters. The van der Waals surface area contributed by atoms with Crippen LogP contribution in [0.5, 0.6) is 0 Å². The Morgan fingerprint density at radius 3 is 1.50 bits per heavy atom. The van der Waals surface area contributed by atoms with Gasteiger partial charge in [0.15, 0.2) is 0 Å². The summed E-state index contributed by atoms with van der Waals surface area (Å²) in [5.41, 5.74) is 0. The van der Waals surface area contributed by atoms with Crippen molar-refractivity contribution in [2.75, 3.05) is 0 Å². The van der Waals surface area contributed by atoms with Crippen LogP contribution in [0.25, 0.3) is 0 Å². The minimum Gasteiger partial charge on any atom is -0.0683 e. The van der Waals surface area contributed by atoms with Crippen molar-refractivity contribution < 1.29 is 0 Å². The molecule has 2 atom stereocenters. The first-order chi connectivity index (χ1) is 8.75. The monoisotopic (exact) mass is 258 g/mol. The summed E-state index contributed by atoms with van der Waals surface area (Å²) in [6.07, 6.45) is 8.75. The van der Waals surface area contributed by atoms with E-state index in [9.17, 15) is 0 Å². The molecule has 114 valence electrons. The van der Waals surface area contributed by atoms with Gasteiger partial charge in [-0.1, -0.05) is 94.4 Å². The predicted molar refractivity (Wildman–Crippen MR) is 89.2 cm³/mol. The van der Waals surface area contributed by atoms with Crippen molar-refractivity contribution in [3.8, 4) is 0 Å². The normalized spacial score (nSPS) is 25.5. The molecular weight excluding hydrogens is 216 g/mol. The molecule has 1 saturated carbocycles. The van der Waals surface area contributed by atoms with Crippen LogP contribution >= 0.6 is 0 Å². The van der Waals surface area contributed by atoms with Gasteiger partial charge in [-0.2, -0.15) is 0 Å². The highest BCUT2D eigenvalue weighted by Crippen LogP contribution is 2.37. The molecule has 0 aromatic heterocycles. The minimum absolute atomic E-state index is 1.00. The Morgan fingerprint density at radius 1 is 0.778 bits per heavy atom. The van der Waals surface area contributed by atoms with E-state index in [2.05, 4.69) is 20.8 Å². The highest BCUT2D eigenvalue weighted by Gasteiger charge is 2.26. The van der Waals surface area contributed by atoms with Crippen molar-refractivity contribution in [3.05, 3.63) is 0 Å². The smallest absolute Gasteiger partial charge is 0.0363 e. The molecular formula is C18H42. The molecule has 0 aliphatic heterocycles. The average molecular weight is 259 g/mol. The molecule has 0 spiro atoms. The molecule has 0 nitrogen and oxygen atoms in total. The van der Waals surface area contributed by atoms with E-state index in [1.54, 1.807) is 0 Å². The van der Waals surface area contributed by atoms with Gasteiger partial charge in [0.1, 0.15) is 0 Å². The van der Waals surface area contributed by atoms with Gasteiger partial charge in [0.05, 0.1) is 0 Å². The first-order valence-electron chi connectivity index (χ1n) is 8.75. The molecule has 0 aromatic rings. The van der Waals surface area contributed by atoms with Crippen molar-refractivity contribution in [2.24, 2.45) is 17.8 Å². The maximum atomic E-state index is 2.45. The lowest BCUT2D eigenvalue weighted by atomic mass is 9.71. The van der Waals surface area contributed by atoms with Gasteiger partial charge < -0.3 is 0 Å². The van der Waals surface area contributed by atoms with Gasteiger partial charge in [-0.3, -0.25) is 0 Å². The summed E-state index contributed by atoms with van der Waals surface area (Å²) in [6.45, 7) is 19.2. The van der Waals surface area contributed by atoms with Crippen LogP contribution in [0.1, 0.15) is 101 Å².